The first-order valence-corrected chi connectivity index (χ1v) is 5.69. The Morgan fingerprint density at radius 2 is 1.88 bits per heavy atom. The Hall–Kier alpha value is -1.57. The van der Waals surface area contributed by atoms with Gasteiger partial charge in [-0.25, -0.2) is 9.59 Å². The van der Waals surface area contributed by atoms with Crippen LogP contribution >= 0.6 is 22.6 Å². The third kappa shape index (κ3) is 3.74. The minimum atomic E-state index is -1.48. The summed E-state index contributed by atoms with van der Waals surface area (Å²) in [7, 11) is 0. The number of hydrogen-bond acceptors (Lipinski definition) is 3. The number of anilines is 1. The van der Waals surface area contributed by atoms with Gasteiger partial charge in [-0.1, -0.05) is 0 Å². The first-order chi connectivity index (χ1) is 7.91. The van der Waals surface area contributed by atoms with Crippen LogP contribution in [0.1, 0.15) is 5.56 Å². The Morgan fingerprint density at radius 3 is 2.35 bits per heavy atom. The average molecular weight is 347 g/mol. The van der Waals surface area contributed by atoms with Crippen molar-refractivity contribution in [2.75, 3.05) is 5.32 Å². The molecule has 17 heavy (non-hydrogen) atoms. The zero-order valence-electron chi connectivity index (χ0n) is 8.90. The minimum Gasteiger partial charge on any atom is -0.477 e. The molecule has 0 aliphatic rings. The third-order valence-electron chi connectivity index (χ3n) is 2.00. The molecule has 5 nitrogen and oxygen atoms in total. The fraction of sp³-hybridized carbons (Fsp3) is 0.0909. The quantitative estimate of drug-likeness (QED) is 0.336. The largest absolute Gasteiger partial charge is 0.477 e. The SMILES string of the molecule is Cc1cc(NC=C(C(=O)O)C(=O)O)ccc1I. The number of benzene rings is 1. The fourth-order valence-electron chi connectivity index (χ4n) is 1.10. The van der Waals surface area contributed by atoms with Crippen molar-refractivity contribution in [2.45, 2.75) is 6.92 Å². The molecule has 0 amide bonds. The van der Waals surface area contributed by atoms with Crippen LogP contribution in [-0.4, -0.2) is 22.2 Å². The molecule has 6 heteroatoms. The van der Waals surface area contributed by atoms with Crippen molar-refractivity contribution in [1.29, 1.82) is 0 Å². The first kappa shape index (κ1) is 13.5. The molecular formula is C11H10INO4. The molecule has 0 radical (unpaired) electrons. The smallest absolute Gasteiger partial charge is 0.344 e. The van der Waals surface area contributed by atoms with E-state index in [0.29, 0.717) is 5.69 Å². The summed E-state index contributed by atoms with van der Waals surface area (Å²) in [6, 6.07) is 5.40. The van der Waals surface area contributed by atoms with Crippen molar-refractivity contribution in [3.63, 3.8) is 0 Å². The van der Waals surface area contributed by atoms with Gasteiger partial charge in [0.25, 0.3) is 0 Å². The number of rotatable bonds is 4. The van der Waals surface area contributed by atoms with E-state index in [1.807, 2.05) is 13.0 Å². The molecule has 0 aliphatic heterocycles. The van der Waals surface area contributed by atoms with Gasteiger partial charge < -0.3 is 15.5 Å². The van der Waals surface area contributed by atoms with Crippen LogP contribution < -0.4 is 5.32 Å². The van der Waals surface area contributed by atoms with E-state index in [9.17, 15) is 9.59 Å². The molecule has 3 N–H and O–H groups in total. The molecule has 0 heterocycles. The van der Waals surface area contributed by atoms with Crippen molar-refractivity contribution >= 4 is 40.2 Å². The van der Waals surface area contributed by atoms with E-state index in [4.69, 9.17) is 10.2 Å². The van der Waals surface area contributed by atoms with Crippen LogP contribution in [0, 0.1) is 10.5 Å². The van der Waals surface area contributed by atoms with Gasteiger partial charge in [0.05, 0.1) is 0 Å². The van der Waals surface area contributed by atoms with Crippen LogP contribution in [0.4, 0.5) is 5.69 Å². The van der Waals surface area contributed by atoms with Crippen LogP contribution in [0.2, 0.25) is 0 Å². The Labute approximate surface area is 111 Å². The molecule has 0 fully saturated rings. The Balaban J connectivity index is 2.91. The normalized spacial score (nSPS) is 9.53. The van der Waals surface area contributed by atoms with Crippen molar-refractivity contribution in [3.05, 3.63) is 39.1 Å². The lowest BCUT2D eigenvalue weighted by Gasteiger charge is -2.04. The summed E-state index contributed by atoms with van der Waals surface area (Å²) in [6.45, 7) is 1.91. The van der Waals surface area contributed by atoms with Crippen LogP contribution in [-0.2, 0) is 9.59 Å². The van der Waals surface area contributed by atoms with E-state index in [1.165, 1.54) is 0 Å². The molecule has 0 saturated carbocycles. The lowest BCUT2D eigenvalue weighted by molar-refractivity contribution is -0.140. The van der Waals surface area contributed by atoms with Crippen LogP contribution in [0.15, 0.2) is 30.0 Å². The highest BCUT2D eigenvalue weighted by atomic mass is 127. The van der Waals surface area contributed by atoms with Crippen molar-refractivity contribution in [1.82, 2.24) is 0 Å². The van der Waals surface area contributed by atoms with E-state index < -0.39 is 17.5 Å². The molecule has 0 bridgehead atoms. The molecule has 0 spiro atoms. The zero-order valence-corrected chi connectivity index (χ0v) is 11.1. The Kier molecular flexibility index (Phi) is 4.50. The maximum absolute atomic E-state index is 10.6. The summed E-state index contributed by atoms with van der Waals surface area (Å²) >= 11 is 2.17. The highest BCUT2D eigenvalue weighted by Crippen LogP contribution is 2.16. The molecule has 0 unspecified atom stereocenters. The van der Waals surface area contributed by atoms with Gasteiger partial charge in [-0.2, -0.15) is 0 Å². The summed E-state index contributed by atoms with van der Waals surface area (Å²) in [5.74, 6) is -2.96. The number of carbonyl (C=O) groups is 2. The van der Waals surface area contributed by atoms with Gasteiger partial charge in [0, 0.05) is 15.5 Å². The minimum absolute atomic E-state index is 0.642. The zero-order chi connectivity index (χ0) is 13.0. The molecule has 0 saturated heterocycles. The van der Waals surface area contributed by atoms with Gasteiger partial charge in [0.1, 0.15) is 0 Å². The van der Waals surface area contributed by atoms with Gasteiger partial charge in [0.2, 0.25) is 0 Å². The molecular weight excluding hydrogens is 337 g/mol. The maximum atomic E-state index is 10.6. The Morgan fingerprint density at radius 1 is 1.29 bits per heavy atom. The predicted molar refractivity (Wildman–Crippen MR) is 70.9 cm³/mol. The molecule has 1 aromatic rings. The van der Waals surface area contributed by atoms with Crippen molar-refractivity contribution in [3.8, 4) is 0 Å². The summed E-state index contributed by atoms with van der Waals surface area (Å²) in [6.07, 6.45) is 0.965. The standard InChI is InChI=1S/C11H10INO4/c1-6-4-7(2-3-9(6)12)13-5-8(10(14)15)11(16)17/h2-5,13H,1H3,(H,14,15)(H,16,17). The van der Waals surface area contributed by atoms with E-state index in [-0.39, 0.29) is 0 Å². The lowest BCUT2D eigenvalue weighted by Crippen LogP contribution is -2.12. The molecule has 0 aromatic heterocycles. The van der Waals surface area contributed by atoms with E-state index in [2.05, 4.69) is 27.9 Å². The molecule has 1 rings (SSSR count). The molecule has 0 aliphatic carbocycles. The number of carboxylic acid groups (broad SMARTS) is 2. The number of hydrogen-bond donors (Lipinski definition) is 3. The average Bonchev–Trinajstić information content (AvgIpc) is 2.22. The van der Waals surface area contributed by atoms with Gasteiger partial charge in [0.15, 0.2) is 5.57 Å². The highest BCUT2D eigenvalue weighted by molar-refractivity contribution is 14.1. The van der Waals surface area contributed by atoms with Crippen LogP contribution in [0.3, 0.4) is 0 Å². The highest BCUT2D eigenvalue weighted by Gasteiger charge is 2.15. The second-order valence-electron chi connectivity index (χ2n) is 3.28. The number of halogens is 1. The molecule has 1 aromatic carbocycles. The summed E-state index contributed by atoms with van der Waals surface area (Å²) in [4.78, 5) is 21.2. The Bertz CT molecular complexity index is 480. The predicted octanol–water partition coefficient (Wildman–Crippen LogP) is 2.06. The first-order valence-electron chi connectivity index (χ1n) is 4.61. The van der Waals surface area contributed by atoms with Crippen molar-refractivity contribution in [2.24, 2.45) is 0 Å². The number of nitrogens with one attached hydrogen (secondary N) is 1. The van der Waals surface area contributed by atoms with E-state index in [1.54, 1.807) is 12.1 Å². The van der Waals surface area contributed by atoms with Gasteiger partial charge in [-0.15, -0.1) is 0 Å². The van der Waals surface area contributed by atoms with Gasteiger partial charge >= 0.3 is 11.9 Å². The monoisotopic (exact) mass is 347 g/mol. The summed E-state index contributed by atoms with van der Waals surface area (Å²) in [5, 5.41) is 19.9. The van der Waals surface area contributed by atoms with Crippen LogP contribution in [0.25, 0.3) is 0 Å². The second-order valence-corrected chi connectivity index (χ2v) is 4.44. The number of aryl methyl sites for hydroxylation is 1. The maximum Gasteiger partial charge on any atom is 0.344 e. The van der Waals surface area contributed by atoms with E-state index in [0.717, 1.165) is 15.3 Å². The van der Waals surface area contributed by atoms with Gasteiger partial charge in [-0.05, 0) is 53.3 Å². The second kappa shape index (κ2) is 5.67. The number of carboxylic acids is 2. The van der Waals surface area contributed by atoms with Crippen LogP contribution in [0.5, 0.6) is 0 Å². The number of aliphatic carboxylic acids is 2. The van der Waals surface area contributed by atoms with Gasteiger partial charge in [-0.3, -0.25) is 0 Å². The summed E-state index contributed by atoms with van der Waals surface area (Å²) in [5.41, 5.74) is 0.959. The lowest BCUT2D eigenvalue weighted by atomic mass is 10.2. The third-order valence-corrected chi connectivity index (χ3v) is 3.21. The topological polar surface area (TPSA) is 86.6 Å². The van der Waals surface area contributed by atoms with Crippen molar-refractivity contribution < 1.29 is 19.8 Å². The van der Waals surface area contributed by atoms with E-state index >= 15 is 0 Å². The fourth-order valence-corrected chi connectivity index (χ4v) is 1.44. The summed E-state index contributed by atoms with van der Waals surface area (Å²) < 4.78 is 1.08. The molecule has 90 valence electrons. The molecule has 0 atom stereocenters.